The largest absolute Gasteiger partial charge is 0.377 e. The fraction of sp³-hybridized carbons (Fsp3) is 0.385. The number of ether oxygens (including phenoxy) is 3. The molecular weight excluding hydrogens is 1600 g/mol. The lowest BCUT2D eigenvalue weighted by molar-refractivity contribution is -0.121. The number of carbonyl (C=O) groups is 3. The molecule has 0 unspecified atom stereocenters. The summed E-state index contributed by atoms with van der Waals surface area (Å²) in [4.78, 5) is 47.5. The second-order valence-electron chi connectivity index (χ2n) is 29.0. The third kappa shape index (κ3) is 17.9. The van der Waals surface area contributed by atoms with Gasteiger partial charge in [0.15, 0.2) is 42.0 Å². The maximum atomic E-state index is 15.9. The van der Waals surface area contributed by atoms with E-state index in [4.69, 9.17) is 19.5 Å². The van der Waals surface area contributed by atoms with Crippen LogP contribution in [0.1, 0.15) is 130 Å². The normalized spacial score (nSPS) is 21.3. The first kappa shape index (κ1) is 78.9. The van der Waals surface area contributed by atoms with Crippen LogP contribution in [-0.2, 0) is 45.6 Å². The standard InChI is InChI=1S/2C26H25FN8O2S.C16H12BrN5O.C10H14FN3OS/c2*1-15(36)31-17-4-6-26(27,7-5-17)25-34-33-24(38-25)20-12-29-22(9-21(20)32-18-13-37-14-18)23-3-2-19-8-16(10-28)11-30-35(19)23;17-13-7-19-15(4-14(13)21-11-8-23-9-11)16-2-1-12-3-10(5-18)6-20-22(12)16;1-7(15)13-8-2-4-10(11,5-3-8)9-14-12-6-16-9/h2*2-3,8-9,11-12,17-18H,4-7,13-14H2,1H3,(H,29,32)(H,31,36);1-4,6-7,11H,8-9H2,(H,19,21);6,8H,2-5H2,1H3,(H,13,15). The average Bonchev–Trinajstić information content (AvgIpc) is 1.65. The molecular formula is C78H76BrF3N24O6S3. The van der Waals surface area contributed by atoms with Gasteiger partial charge in [0.05, 0.1) is 165 Å². The van der Waals surface area contributed by atoms with Crippen LogP contribution in [0, 0.1) is 34.0 Å². The number of nitriles is 3. The molecule has 12 aromatic heterocycles. The van der Waals surface area contributed by atoms with Gasteiger partial charge in [-0.25, -0.2) is 26.7 Å². The van der Waals surface area contributed by atoms with Crippen LogP contribution in [0.5, 0.6) is 0 Å². The SMILES string of the molecule is CC(=O)NC1CCC(F)(c2nnc(-c3cnc(-c4ccc5cc(C#N)cnn45)cc3NC3COC3)s2)CC1.CC(=O)NC1CCC(F)(c2nnc(-c3cnc(-c4ccc5cc(C#N)cnn45)cc3NC3COC3)s2)CC1.CC(=O)NC1CCC(F)(c2nncs2)CC1.N#Cc1cnn2c(-c3cc(NC4COC4)c(Br)cn3)ccc2c1. The summed E-state index contributed by atoms with van der Waals surface area (Å²) in [6.07, 6.45) is 15.4. The van der Waals surface area contributed by atoms with Gasteiger partial charge in [-0.2, -0.15) is 31.1 Å². The van der Waals surface area contributed by atoms with Gasteiger partial charge in [-0.15, -0.1) is 41.9 Å². The molecule has 30 nitrogen and oxygen atoms in total. The monoisotopic (exact) mass is 1680 g/mol. The summed E-state index contributed by atoms with van der Waals surface area (Å²) in [7, 11) is 0. The van der Waals surface area contributed by atoms with E-state index in [0.717, 1.165) is 85.2 Å². The number of aromatic nitrogens is 15. The van der Waals surface area contributed by atoms with Crippen molar-refractivity contribution in [2.75, 3.05) is 55.6 Å². The molecule has 0 aromatic carbocycles. The van der Waals surface area contributed by atoms with Crippen molar-refractivity contribution in [3.05, 3.63) is 152 Å². The predicted molar refractivity (Wildman–Crippen MR) is 426 cm³/mol. The second kappa shape index (κ2) is 34.4. The summed E-state index contributed by atoms with van der Waals surface area (Å²) < 4.78 is 68.3. The van der Waals surface area contributed by atoms with Crippen LogP contribution in [0.2, 0.25) is 0 Å². The third-order valence-corrected chi connectivity index (χ3v) is 24.5. The van der Waals surface area contributed by atoms with Crippen molar-refractivity contribution in [2.24, 2.45) is 0 Å². The smallest absolute Gasteiger partial charge is 0.217 e. The molecule has 18 rings (SSSR count). The van der Waals surface area contributed by atoms with Gasteiger partial charge in [-0.3, -0.25) is 29.3 Å². The highest BCUT2D eigenvalue weighted by Gasteiger charge is 2.43. The third-order valence-electron chi connectivity index (χ3n) is 20.7. The Labute approximate surface area is 676 Å². The minimum absolute atomic E-state index is 0.00729. The van der Waals surface area contributed by atoms with E-state index in [1.54, 1.807) is 62.0 Å². The number of anilines is 3. The van der Waals surface area contributed by atoms with E-state index in [-0.39, 0.29) is 73.6 Å². The second-order valence-corrected chi connectivity index (χ2v) is 32.7. The quantitative estimate of drug-likeness (QED) is 0.0493. The molecule has 3 saturated heterocycles. The number of amides is 3. The van der Waals surface area contributed by atoms with Crippen LogP contribution in [0.25, 0.3) is 71.9 Å². The first-order valence-electron chi connectivity index (χ1n) is 37.3. The Morgan fingerprint density at radius 2 is 0.791 bits per heavy atom. The molecule has 0 atom stereocenters. The lowest BCUT2D eigenvalue weighted by atomic mass is 9.84. The number of nitrogens with zero attached hydrogens (tertiary/aromatic N) is 18. The van der Waals surface area contributed by atoms with E-state index in [2.05, 4.69) is 127 Å². The lowest BCUT2D eigenvalue weighted by Crippen LogP contribution is -2.40. The number of pyridine rings is 3. The van der Waals surface area contributed by atoms with Crippen molar-refractivity contribution in [1.82, 2.24) is 90.3 Å². The predicted octanol–water partition coefficient (Wildman–Crippen LogP) is 12.3. The van der Waals surface area contributed by atoms with Crippen molar-refractivity contribution >= 4 is 101 Å². The Morgan fingerprint density at radius 3 is 1.11 bits per heavy atom. The van der Waals surface area contributed by atoms with Crippen molar-refractivity contribution < 1.29 is 41.8 Å². The van der Waals surface area contributed by atoms with Gasteiger partial charge >= 0.3 is 0 Å². The van der Waals surface area contributed by atoms with Crippen LogP contribution in [-0.4, -0.2) is 168 Å². The van der Waals surface area contributed by atoms with Crippen LogP contribution in [0.15, 0.2) is 120 Å². The molecule has 3 saturated carbocycles. The molecule has 37 heteroatoms. The number of nitrogens with one attached hydrogen (secondary N) is 6. The minimum Gasteiger partial charge on any atom is -0.377 e. The molecule has 0 radical (unpaired) electrons. The van der Waals surface area contributed by atoms with Crippen molar-refractivity contribution in [2.45, 2.75) is 151 Å². The molecule has 6 fully saturated rings. The van der Waals surface area contributed by atoms with Gasteiger partial charge in [0.2, 0.25) is 17.7 Å². The molecule has 115 heavy (non-hydrogen) atoms. The molecule has 0 spiro atoms. The highest BCUT2D eigenvalue weighted by Crippen LogP contribution is 2.47. The number of fused-ring (bicyclic) bond motifs is 3. The Kier molecular flexibility index (Phi) is 23.6. The van der Waals surface area contributed by atoms with Gasteiger partial charge < -0.3 is 46.1 Å². The average molecular weight is 1680 g/mol. The zero-order valence-electron chi connectivity index (χ0n) is 62.4. The van der Waals surface area contributed by atoms with E-state index in [1.165, 1.54) is 67.2 Å². The van der Waals surface area contributed by atoms with E-state index >= 15 is 8.78 Å². The summed E-state index contributed by atoms with van der Waals surface area (Å²) in [5, 5.41) is 86.5. The summed E-state index contributed by atoms with van der Waals surface area (Å²) in [5.41, 5.74) is 9.74. The van der Waals surface area contributed by atoms with Gasteiger partial charge in [0.25, 0.3) is 0 Å². The van der Waals surface area contributed by atoms with Gasteiger partial charge in [-0.05, 0) is 166 Å². The zero-order valence-corrected chi connectivity index (χ0v) is 66.4. The summed E-state index contributed by atoms with van der Waals surface area (Å²) in [6, 6.07) is 29.7. The highest BCUT2D eigenvalue weighted by molar-refractivity contribution is 9.10. The van der Waals surface area contributed by atoms with E-state index in [9.17, 15) is 29.3 Å². The number of hydrogen-bond donors (Lipinski definition) is 6. The zero-order chi connectivity index (χ0) is 80.0. The number of alkyl halides is 3. The Bertz CT molecular complexity index is 5450. The van der Waals surface area contributed by atoms with E-state index < -0.39 is 17.0 Å². The maximum Gasteiger partial charge on any atom is 0.217 e. The van der Waals surface area contributed by atoms with E-state index in [0.29, 0.717) is 137 Å². The minimum atomic E-state index is -1.56. The number of rotatable bonds is 17. The Hall–Kier alpha value is -11.4. The van der Waals surface area contributed by atoms with Crippen LogP contribution < -0.4 is 31.9 Å². The highest BCUT2D eigenvalue weighted by atomic mass is 79.9. The van der Waals surface area contributed by atoms with Gasteiger partial charge in [0, 0.05) is 68.9 Å². The fourth-order valence-corrected chi connectivity index (χ4v) is 17.4. The molecule has 15 heterocycles. The summed E-state index contributed by atoms with van der Waals surface area (Å²) in [6.45, 7) is 8.25. The molecule has 12 aromatic rings. The Balaban J connectivity index is 0.000000127. The van der Waals surface area contributed by atoms with Crippen LogP contribution in [0.4, 0.5) is 30.2 Å². The maximum absolute atomic E-state index is 15.9. The topological polar surface area (TPSA) is 390 Å². The van der Waals surface area contributed by atoms with Crippen LogP contribution in [0.3, 0.4) is 0 Å². The first-order chi connectivity index (χ1) is 55.7. The number of hydrogen-bond acceptors (Lipinski definition) is 27. The molecule has 6 N–H and O–H groups in total. The molecule has 0 bridgehead atoms. The van der Waals surface area contributed by atoms with Crippen LogP contribution >= 0.6 is 49.9 Å². The molecule has 3 amide bonds. The van der Waals surface area contributed by atoms with E-state index in [1.807, 2.05) is 54.6 Å². The van der Waals surface area contributed by atoms with Crippen molar-refractivity contribution in [3.63, 3.8) is 0 Å². The summed E-state index contributed by atoms with van der Waals surface area (Å²) >= 11 is 7.26. The lowest BCUT2D eigenvalue weighted by Gasteiger charge is -2.32. The van der Waals surface area contributed by atoms with Crippen molar-refractivity contribution in [3.8, 4) is 73.5 Å². The Morgan fingerprint density at radius 1 is 0.452 bits per heavy atom. The molecule has 3 aliphatic carbocycles. The molecule has 6 aliphatic rings. The molecule has 590 valence electrons. The number of halogens is 4. The fourth-order valence-electron chi connectivity index (χ4n) is 14.4. The molecule has 3 aliphatic heterocycles. The first-order valence-corrected chi connectivity index (χ1v) is 40.7. The number of carbonyl (C=O) groups excluding carboxylic acids is 3. The summed E-state index contributed by atoms with van der Waals surface area (Å²) in [5.74, 6) is -0.237. The van der Waals surface area contributed by atoms with Gasteiger partial charge in [0.1, 0.15) is 23.7 Å². The van der Waals surface area contributed by atoms with Gasteiger partial charge in [-0.1, -0.05) is 22.7 Å². The van der Waals surface area contributed by atoms with Crippen molar-refractivity contribution in [1.29, 1.82) is 15.8 Å².